The molecular weight excluding hydrogens is 233 g/mol. The van der Waals surface area contributed by atoms with E-state index in [4.69, 9.17) is 5.11 Å². The average Bonchev–Trinajstić information content (AvgIpc) is 2.32. The molecular formula is C14H20FNO2. The Bertz CT molecular complexity index is 407. The van der Waals surface area contributed by atoms with Crippen LogP contribution in [0.3, 0.4) is 0 Å². The Morgan fingerprint density at radius 1 is 1.44 bits per heavy atom. The van der Waals surface area contributed by atoms with Crippen LogP contribution in [0.25, 0.3) is 0 Å². The van der Waals surface area contributed by atoms with Crippen LogP contribution in [-0.4, -0.2) is 24.2 Å². The van der Waals surface area contributed by atoms with Crippen molar-refractivity contribution in [1.82, 2.24) is 5.32 Å². The lowest BCUT2D eigenvalue weighted by atomic mass is 10.1. The van der Waals surface area contributed by atoms with E-state index >= 15 is 0 Å². The predicted octanol–water partition coefficient (Wildman–Crippen LogP) is 2.38. The summed E-state index contributed by atoms with van der Waals surface area (Å²) >= 11 is 0. The van der Waals surface area contributed by atoms with Crippen LogP contribution < -0.4 is 5.32 Å². The summed E-state index contributed by atoms with van der Waals surface area (Å²) in [6, 6.07) is 5.11. The second-order valence-corrected chi connectivity index (χ2v) is 4.61. The van der Waals surface area contributed by atoms with E-state index in [1.807, 2.05) is 6.07 Å². The predicted molar refractivity (Wildman–Crippen MR) is 69.1 cm³/mol. The maximum atomic E-state index is 13.0. The maximum Gasteiger partial charge on any atom is 0.306 e. The van der Waals surface area contributed by atoms with Gasteiger partial charge in [0.2, 0.25) is 0 Å². The highest BCUT2D eigenvalue weighted by Crippen LogP contribution is 2.09. The quantitative estimate of drug-likeness (QED) is 0.733. The fraction of sp³-hybridized carbons (Fsp3) is 0.500. The van der Waals surface area contributed by atoms with Crippen LogP contribution in [0.15, 0.2) is 18.2 Å². The summed E-state index contributed by atoms with van der Waals surface area (Å²) in [4.78, 5) is 10.6. The normalized spacial score (nSPS) is 12.4. The summed E-state index contributed by atoms with van der Waals surface area (Å²) in [5, 5.41) is 11.9. The average molecular weight is 253 g/mol. The standard InChI is InChI=1S/C14H20FNO2/c1-10(14(17)18)5-7-16-8-6-12-3-4-13(15)11(2)9-12/h3-4,9-10,16H,5-8H2,1-2H3,(H,17,18). The summed E-state index contributed by atoms with van der Waals surface area (Å²) in [5.41, 5.74) is 1.75. The zero-order valence-electron chi connectivity index (χ0n) is 10.9. The second kappa shape index (κ2) is 7.11. The van der Waals surface area contributed by atoms with Gasteiger partial charge in [-0.1, -0.05) is 19.1 Å². The maximum absolute atomic E-state index is 13.0. The van der Waals surface area contributed by atoms with Gasteiger partial charge in [-0.05, 0) is 50.0 Å². The Kier molecular flexibility index (Phi) is 5.78. The molecule has 0 fully saturated rings. The van der Waals surface area contributed by atoms with Crippen molar-refractivity contribution in [2.75, 3.05) is 13.1 Å². The molecule has 1 aromatic rings. The fourth-order valence-electron chi connectivity index (χ4n) is 1.66. The lowest BCUT2D eigenvalue weighted by molar-refractivity contribution is -0.141. The zero-order chi connectivity index (χ0) is 13.5. The van der Waals surface area contributed by atoms with Gasteiger partial charge in [0.1, 0.15) is 5.82 Å². The number of carboxylic acids is 1. The Morgan fingerprint density at radius 3 is 2.78 bits per heavy atom. The Balaban J connectivity index is 2.22. The molecule has 2 N–H and O–H groups in total. The van der Waals surface area contributed by atoms with Gasteiger partial charge >= 0.3 is 5.97 Å². The zero-order valence-corrected chi connectivity index (χ0v) is 10.9. The number of benzene rings is 1. The van der Waals surface area contributed by atoms with Gasteiger partial charge in [0.15, 0.2) is 0 Å². The molecule has 0 aliphatic heterocycles. The second-order valence-electron chi connectivity index (χ2n) is 4.61. The molecule has 0 saturated heterocycles. The number of halogens is 1. The Hall–Kier alpha value is -1.42. The van der Waals surface area contributed by atoms with Crippen LogP contribution in [0, 0.1) is 18.7 Å². The van der Waals surface area contributed by atoms with Crippen LogP contribution in [0.5, 0.6) is 0 Å². The van der Waals surface area contributed by atoms with Gasteiger partial charge < -0.3 is 10.4 Å². The van der Waals surface area contributed by atoms with E-state index in [9.17, 15) is 9.18 Å². The van der Waals surface area contributed by atoms with Crippen molar-refractivity contribution in [3.63, 3.8) is 0 Å². The smallest absolute Gasteiger partial charge is 0.306 e. The van der Waals surface area contributed by atoms with Crippen molar-refractivity contribution in [1.29, 1.82) is 0 Å². The molecule has 0 saturated carbocycles. The highest BCUT2D eigenvalue weighted by molar-refractivity contribution is 5.69. The van der Waals surface area contributed by atoms with Crippen LogP contribution in [-0.2, 0) is 11.2 Å². The van der Waals surface area contributed by atoms with Gasteiger partial charge in [0, 0.05) is 0 Å². The van der Waals surface area contributed by atoms with E-state index in [1.54, 1.807) is 19.9 Å². The minimum atomic E-state index is -0.758. The first-order valence-corrected chi connectivity index (χ1v) is 6.19. The molecule has 4 heteroatoms. The highest BCUT2D eigenvalue weighted by Gasteiger charge is 2.09. The molecule has 1 atom stereocenters. The first-order chi connectivity index (χ1) is 8.50. The van der Waals surface area contributed by atoms with Crippen molar-refractivity contribution in [2.45, 2.75) is 26.7 Å². The number of rotatable bonds is 7. The van der Waals surface area contributed by atoms with Gasteiger partial charge in [0.05, 0.1) is 5.92 Å². The number of hydrogen-bond donors (Lipinski definition) is 2. The van der Waals surface area contributed by atoms with Crippen LogP contribution in [0.4, 0.5) is 4.39 Å². The molecule has 0 amide bonds. The Labute approximate surface area is 107 Å². The SMILES string of the molecule is Cc1cc(CCNCCC(C)C(=O)O)ccc1F. The number of carboxylic acid groups (broad SMARTS) is 1. The number of aryl methyl sites for hydroxylation is 1. The first-order valence-electron chi connectivity index (χ1n) is 6.19. The third kappa shape index (κ3) is 4.84. The number of nitrogens with one attached hydrogen (secondary N) is 1. The van der Waals surface area contributed by atoms with Gasteiger partial charge in [-0.2, -0.15) is 0 Å². The number of carbonyl (C=O) groups is 1. The molecule has 3 nitrogen and oxygen atoms in total. The number of hydrogen-bond acceptors (Lipinski definition) is 2. The summed E-state index contributed by atoms with van der Waals surface area (Å²) in [6.07, 6.45) is 1.44. The van der Waals surface area contributed by atoms with Crippen molar-refractivity contribution in [3.05, 3.63) is 35.1 Å². The molecule has 0 aliphatic rings. The summed E-state index contributed by atoms with van der Waals surface area (Å²) in [6.45, 7) is 4.92. The van der Waals surface area contributed by atoms with Crippen LogP contribution in [0.1, 0.15) is 24.5 Å². The van der Waals surface area contributed by atoms with Gasteiger partial charge in [0.25, 0.3) is 0 Å². The van der Waals surface area contributed by atoms with E-state index in [0.717, 1.165) is 18.5 Å². The monoisotopic (exact) mass is 253 g/mol. The summed E-state index contributed by atoms with van der Waals surface area (Å²) in [5.74, 6) is -1.25. The highest BCUT2D eigenvalue weighted by atomic mass is 19.1. The molecule has 0 bridgehead atoms. The lowest BCUT2D eigenvalue weighted by Crippen LogP contribution is -2.22. The molecule has 1 unspecified atom stereocenters. The van der Waals surface area contributed by atoms with Crippen LogP contribution in [0.2, 0.25) is 0 Å². The topological polar surface area (TPSA) is 49.3 Å². The van der Waals surface area contributed by atoms with E-state index < -0.39 is 5.97 Å². The molecule has 1 aromatic carbocycles. The molecule has 0 spiro atoms. The molecule has 0 aromatic heterocycles. The molecule has 100 valence electrons. The van der Waals surface area contributed by atoms with E-state index in [1.165, 1.54) is 6.07 Å². The van der Waals surface area contributed by atoms with Crippen LogP contribution >= 0.6 is 0 Å². The molecule has 0 heterocycles. The van der Waals surface area contributed by atoms with Crippen molar-refractivity contribution >= 4 is 5.97 Å². The minimum Gasteiger partial charge on any atom is -0.481 e. The largest absolute Gasteiger partial charge is 0.481 e. The minimum absolute atomic E-state index is 0.179. The molecule has 1 rings (SSSR count). The van der Waals surface area contributed by atoms with Crippen molar-refractivity contribution in [3.8, 4) is 0 Å². The molecule has 0 radical (unpaired) electrons. The Morgan fingerprint density at radius 2 is 2.17 bits per heavy atom. The third-order valence-electron chi connectivity index (χ3n) is 2.99. The van der Waals surface area contributed by atoms with E-state index in [2.05, 4.69) is 5.32 Å². The van der Waals surface area contributed by atoms with Gasteiger partial charge in [-0.25, -0.2) is 4.39 Å². The molecule has 18 heavy (non-hydrogen) atoms. The van der Waals surface area contributed by atoms with Crippen molar-refractivity contribution in [2.24, 2.45) is 5.92 Å². The molecule has 0 aliphatic carbocycles. The summed E-state index contributed by atoms with van der Waals surface area (Å²) < 4.78 is 13.0. The van der Waals surface area contributed by atoms with Gasteiger partial charge in [-0.3, -0.25) is 4.79 Å². The van der Waals surface area contributed by atoms with Gasteiger partial charge in [-0.15, -0.1) is 0 Å². The number of aliphatic carboxylic acids is 1. The van der Waals surface area contributed by atoms with E-state index in [0.29, 0.717) is 18.5 Å². The summed E-state index contributed by atoms with van der Waals surface area (Å²) in [7, 11) is 0. The fourth-order valence-corrected chi connectivity index (χ4v) is 1.66. The third-order valence-corrected chi connectivity index (χ3v) is 2.99. The van der Waals surface area contributed by atoms with Crippen molar-refractivity contribution < 1.29 is 14.3 Å². The van der Waals surface area contributed by atoms with E-state index in [-0.39, 0.29) is 11.7 Å². The lowest BCUT2D eigenvalue weighted by Gasteiger charge is -2.08. The first kappa shape index (κ1) is 14.6.